The van der Waals surface area contributed by atoms with Crippen molar-refractivity contribution in [1.29, 1.82) is 0 Å². The molecule has 15 heteroatoms. The van der Waals surface area contributed by atoms with Crippen LogP contribution < -0.4 is 9.70 Å². The number of esters is 1. The van der Waals surface area contributed by atoms with Crippen LogP contribution in [0.3, 0.4) is 0 Å². The van der Waals surface area contributed by atoms with Gasteiger partial charge in [0.2, 0.25) is 0 Å². The lowest BCUT2D eigenvalue weighted by molar-refractivity contribution is 0.0595. The van der Waals surface area contributed by atoms with Gasteiger partial charge in [-0.25, -0.2) is 9.78 Å². The summed E-state index contributed by atoms with van der Waals surface area (Å²) in [6.07, 6.45) is 1.78. The molecule has 1 aromatic carbocycles. The molecule has 0 spiro atoms. The molecule has 0 bridgehead atoms. The summed E-state index contributed by atoms with van der Waals surface area (Å²) in [5.41, 5.74) is 2.23. The van der Waals surface area contributed by atoms with Gasteiger partial charge in [-0.2, -0.15) is 4.99 Å². The van der Waals surface area contributed by atoms with E-state index in [1.807, 2.05) is 30.0 Å². The predicted octanol–water partition coefficient (Wildman–Crippen LogP) is 8.46. The molecule has 4 rings (SSSR count). The molecule has 0 radical (unpaired) electrons. The van der Waals surface area contributed by atoms with E-state index in [1.165, 1.54) is 18.4 Å². The van der Waals surface area contributed by atoms with Crippen molar-refractivity contribution in [2.45, 2.75) is 97.2 Å². The summed E-state index contributed by atoms with van der Waals surface area (Å²) in [6.45, 7) is 23.1. The topological polar surface area (TPSA) is 107 Å². The van der Waals surface area contributed by atoms with Crippen LogP contribution in [0.5, 0.6) is 0 Å². The van der Waals surface area contributed by atoms with E-state index < -0.39 is 22.4 Å². The minimum atomic E-state index is -1.97. The number of aryl methyl sites for hydroxylation is 1. The van der Waals surface area contributed by atoms with E-state index in [2.05, 4.69) is 104 Å². The Labute approximate surface area is 313 Å². The Balaban J connectivity index is 1.63. The molecule has 0 aliphatic rings. The molecule has 0 saturated carbocycles. The SMILES string of the molecule is COC(=O)c1csc(N(CCCC(CN(C)C)O[Si](C)(C)C(C)(C)C)c2cc(C)c(N=c3sc4ccccc4n3COCC[Si](C)(C)C)nn2)n1. The van der Waals surface area contributed by atoms with Gasteiger partial charge in [0.05, 0.1) is 23.4 Å². The maximum atomic E-state index is 12.3. The highest BCUT2D eigenvalue weighted by atomic mass is 32.1. The average Bonchev–Trinajstić information content (AvgIpc) is 3.65. The maximum absolute atomic E-state index is 12.3. The van der Waals surface area contributed by atoms with Crippen LogP contribution in [0.4, 0.5) is 16.8 Å². The molecule has 0 N–H and O–H groups in total. The Bertz CT molecular complexity index is 1830. The van der Waals surface area contributed by atoms with Crippen LogP contribution in [0.1, 0.15) is 49.7 Å². The molecular formula is C36H57N7O4S2Si2. The fraction of sp³-hybridized carbons (Fsp3) is 0.583. The largest absolute Gasteiger partial charge is 0.464 e. The molecule has 1 atom stereocenters. The van der Waals surface area contributed by atoms with Gasteiger partial charge in [0.1, 0.15) is 6.73 Å². The number of methoxy groups -OCH3 is 1. The van der Waals surface area contributed by atoms with Gasteiger partial charge in [0.15, 0.2) is 35.6 Å². The van der Waals surface area contributed by atoms with Gasteiger partial charge in [-0.15, -0.1) is 21.5 Å². The number of anilines is 2. The number of likely N-dealkylation sites (N-methyl/N-ethyl adjacent to an activating group) is 1. The molecule has 0 saturated heterocycles. The summed E-state index contributed by atoms with van der Waals surface area (Å²) in [5.74, 6) is 0.721. The van der Waals surface area contributed by atoms with Gasteiger partial charge in [-0.05, 0) is 81.8 Å². The normalized spacial score (nSPS) is 13.7. The highest BCUT2D eigenvalue weighted by Crippen LogP contribution is 2.38. The molecule has 0 amide bonds. The van der Waals surface area contributed by atoms with Crippen molar-refractivity contribution >= 4 is 72.0 Å². The number of nitrogens with zero attached hydrogens (tertiary/aromatic N) is 7. The van der Waals surface area contributed by atoms with E-state index in [9.17, 15) is 4.79 Å². The van der Waals surface area contributed by atoms with Gasteiger partial charge < -0.3 is 23.7 Å². The van der Waals surface area contributed by atoms with Crippen LogP contribution in [0.15, 0.2) is 40.7 Å². The second-order valence-electron chi connectivity index (χ2n) is 16.0. The molecule has 11 nitrogen and oxygen atoms in total. The molecule has 1 unspecified atom stereocenters. The molecule has 0 aliphatic carbocycles. The third-order valence-electron chi connectivity index (χ3n) is 9.09. The van der Waals surface area contributed by atoms with E-state index in [0.717, 1.165) is 52.6 Å². The number of rotatable bonds is 17. The first-order chi connectivity index (χ1) is 23.9. The van der Waals surface area contributed by atoms with Crippen LogP contribution >= 0.6 is 22.7 Å². The lowest BCUT2D eigenvalue weighted by Gasteiger charge is -2.40. The van der Waals surface area contributed by atoms with Gasteiger partial charge >= 0.3 is 5.97 Å². The molecule has 4 aromatic rings. The minimum absolute atomic E-state index is 0.0891. The molecule has 51 heavy (non-hydrogen) atoms. The van der Waals surface area contributed by atoms with Crippen molar-refractivity contribution in [3.8, 4) is 0 Å². The number of thiazole rings is 2. The van der Waals surface area contributed by atoms with Crippen molar-refractivity contribution in [1.82, 2.24) is 24.6 Å². The fourth-order valence-electron chi connectivity index (χ4n) is 5.12. The Hall–Kier alpha value is -2.80. The summed E-state index contributed by atoms with van der Waals surface area (Å²) in [6, 6.07) is 11.4. The minimum Gasteiger partial charge on any atom is -0.464 e. The molecule has 0 aliphatic heterocycles. The Morgan fingerprint density at radius 2 is 1.82 bits per heavy atom. The molecular weight excluding hydrogens is 715 g/mol. The van der Waals surface area contributed by atoms with Crippen LogP contribution in [0, 0.1) is 6.92 Å². The van der Waals surface area contributed by atoms with Crippen LogP contribution in [0.2, 0.25) is 43.8 Å². The monoisotopic (exact) mass is 771 g/mol. The predicted molar refractivity (Wildman–Crippen MR) is 216 cm³/mol. The van der Waals surface area contributed by atoms with E-state index in [0.29, 0.717) is 30.0 Å². The Morgan fingerprint density at radius 1 is 1.10 bits per heavy atom. The number of hydrogen-bond donors (Lipinski definition) is 0. The zero-order chi connectivity index (χ0) is 37.6. The summed E-state index contributed by atoms with van der Waals surface area (Å²) < 4.78 is 21.2. The van der Waals surface area contributed by atoms with Gasteiger partial charge in [0.25, 0.3) is 0 Å². The first-order valence-electron chi connectivity index (χ1n) is 17.6. The van der Waals surface area contributed by atoms with E-state index in [-0.39, 0.29) is 16.8 Å². The number of ether oxygens (including phenoxy) is 2. The van der Waals surface area contributed by atoms with Crippen molar-refractivity contribution in [3.63, 3.8) is 0 Å². The van der Waals surface area contributed by atoms with Crippen molar-refractivity contribution in [2.75, 3.05) is 45.8 Å². The highest BCUT2D eigenvalue weighted by molar-refractivity contribution is 7.16. The first-order valence-corrected chi connectivity index (χ1v) is 25.9. The van der Waals surface area contributed by atoms with Gasteiger partial charge in [-0.3, -0.25) is 4.57 Å². The lowest BCUT2D eigenvalue weighted by atomic mass is 10.2. The van der Waals surface area contributed by atoms with Crippen LogP contribution in [0.25, 0.3) is 10.2 Å². The summed E-state index contributed by atoms with van der Waals surface area (Å²) >= 11 is 2.99. The van der Waals surface area contributed by atoms with Gasteiger partial charge in [0, 0.05) is 33.2 Å². The van der Waals surface area contributed by atoms with E-state index in [1.54, 1.807) is 16.7 Å². The highest BCUT2D eigenvalue weighted by Gasteiger charge is 2.39. The molecule has 0 fully saturated rings. The van der Waals surface area contributed by atoms with Crippen LogP contribution in [-0.4, -0.2) is 94.0 Å². The smallest absolute Gasteiger partial charge is 0.357 e. The summed E-state index contributed by atoms with van der Waals surface area (Å²) in [7, 11) is 2.36. The zero-order valence-electron chi connectivity index (χ0n) is 32.6. The fourth-order valence-corrected chi connectivity index (χ4v) is 9.11. The van der Waals surface area contributed by atoms with Crippen molar-refractivity contribution < 1.29 is 18.7 Å². The first kappa shape index (κ1) is 41.0. The number of para-hydroxylation sites is 1. The van der Waals surface area contributed by atoms with E-state index in [4.69, 9.17) is 18.9 Å². The van der Waals surface area contributed by atoms with Crippen molar-refractivity contribution in [2.24, 2.45) is 4.99 Å². The van der Waals surface area contributed by atoms with Crippen molar-refractivity contribution in [3.05, 3.63) is 51.8 Å². The Morgan fingerprint density at radius 3 is 2.47 bits per heavy atom. The third-order valence-corrected chi connectivity index (χ3v) is 17.3. The zero-order valence-corrected chi connectivity index (χ0v) is 36.2. The van der Waals surface area contributed by atoms with E-state index >= 15 is 0 Å². The third kappa shape index (κ3) is 11.3. The van der Waals surface area contributed by atoms with Crippen LogP contribution in [-0.2, 0) is 20.6 Å². The summed E-state index contributed by atoms with van der Waals surface area (Å²) in [4.78, 5) is 27.0. The standard InChI is InChI=1S/C36H57N7O4S2Si2/c1-26-22-31(39-40-32(26)38-35-43(25-46-20-21-50(8,9)10)29-17-13-14-18-30(29)49-35)42(34-37-28(24-48-34)33(44)45-7)19-15-16-27(23-41(5)6)47-51(11,12)36(2,3)4/h13-14,17-18,22,24,27H,15-16,19-21,23,25H2,1-12H3. The number of aromatic nitrogens is 4. The summed E-state index contributed by atoms with van der Waals surface area (Å²) in [5, 5.41) is 11.8. The number of benzene rings is 1. The quantitative estimate of drug-likeness (QED) is 0.0594. The lowest BCUT2D eigenvalue weighted by Crippen LogP contribution is -2.46. The maximum Gasteiger partial charge on any atom is 0.357 e. The second-order valence-corrected chi connectivity index (χ2v) is 28.2. The molecule has 3 heterocycles. The molecule has 280 valence electrons. The Kier molecular flexibility index (Phi) is 13.9. The number of fused-ring (bicyclic) bond motifs is 1. The number of carbonyl (C=O) groups excluding carboxylic acids is 1. The average molecular weight is 772 g/mol. The number of carbonyl (C=O) groups is 1. The second kappa shape index (κ2) is 17.4. The molecule has 3 aromatic heterocycles. The van der Waals surface area contributed by atoms with Gasteiger partial charge in [-0.1, -0.05) is 63.9 Å². The number of hydrogen-bond acceptors (Lipinski definition) is 12.